The average Bonchev–Trinajstić information content (AvgIpc) is 2.64. The first-order valence-electron chi connectivity index (χ1n) is 8.13. The van der Waals surface area contributed by atoms with Gasteiger partial charge in [0.1, 0.15) is 11.6 Å². The summed E-state index contributed by atoms with van der Waals surface area (Å²) in [6.45, 7) is 2.45. The molecule has 0 aliphatic carbocycles. The molecule has 1 unspecified atom stereocenters. The van der Waals surface area contributed by atoms with Crippen LogP contribution in [0, 0.1) is 5.82 Å². The fraction of sp³-hybridized carbons (Fsp3) is 0.263. The Hall–Kier alpha value is -2.93. The number of halogens is 1. The molecule has 1 atom stereocenters. The summed E-state index contributed by atoms with van der Waals surface area (Å²) in [7, 11) is 1.45. The summed E-state index contributed by atoms with van der Waals surface area (Å²) >= 11 is 0. The predicted molar refractivity (Wildman–Crippen MR) is 95.4 cm³/mol. The van der Waals surface area contributed by atoms with E-state index < -0.39 is 23.7 Å². The molecule has 0 aliphatic rings. The van der Waals surface area contributed by atoms with Crippen LogP contribution in [0.15, 0.2) is 48.5 Å². The van der Waals surface area contributed by atoms with Crippen LogP contribution in [-0.2, 0) is 14.3 Å². The molecule has 7 heteroatoms. The van der Waals surface area contributed by atoms with E-state index in [0.29, 0.717) is 23.6 Å². The Balaban J connectivity index is 1.88. The van der Waals surface area contributed by atoms with Crippen LogP contribution in [0.4, 0.5) is 10.1 Å². The van der Waals surface area contributed by atoms with Gasteiger partial charge in [-0.1, -0.05) is 12.1 Å². The molecule has 26 heavy (non-hydrogen) atoms. The average molecular weight is 360 g/mol. The highest BCUT2D eigenvalue weighted by Gasteiger charge is 2.17. The molecule has 2 amide bonds. The summed E-state index contributed by atoms with van der Waals surface area (Å²) < 4.78 is 23.9. The summed E-state index contributed by atoms with van der Waals surface area (Å²) in [5, 5.41) is 4.97. The molecule has 138 valence electrons. The van der Waals surface area contributed by atoms with Crippen LogP contribution in [0.1, 0.15) is 18.6 Å². The Morgan fingerprint density at radius 2 is 1.85 bits per heavy atom. The van der Waals surface area contributed by atoms with Crippen molar-refractivity contribution in [2.24, 2.45) is 0 Å². The van der Waals surface area contributed by atoms with E-state index in [9.17, 15) is 14.0 Å². The number of methoxy groups -OCH3 is 1. The molecule has 6 nitrogen and oxygen atoms in total. The van der Waals surface area contributed by atoms with Gasteiger partial charge in [0.25, 0.3) is 0 Å². The third-order valence-electron chi connectivity index (χ3n) is 3.58. The Bertz CT molecular complexity index is 749. The lowest BCUT2D eigenvalue weighted by molar-refractivity contribution is -0.136. The Morgan fingerprint density at radius 1 is 1.12 bits per heavy atom. The van der Waals surface area contributed by atoms with E-state index in [4.69, 9.17) is 9.47 Å². The van der Waals surface area contributed by atoms with Crippen LogP contribution < -0.4 is 15.4 Å². The number of anilines is 1. The Labute approximate surface area is 151 Å². The lowest BCUT2D eigenvalue weighted by atomic mass is 10.1. The molecule has 2 rings (SSSR count). The second-order valence-corrected chi connectivity index (χ2v) is 5.40. The normalized spacial score (nSPS) is 11.5. The van der Waals surface area contributed by atoms with Crippen molar-refractivity contribution in [3.05, 3.63) is 59.9 Å². The van der Waals surface area contributed by atoms with Crippen molar-refractivity contribution in [2.45, 2.75) is 13.0 Å². The molecule has 2 N–H and O–H groups in total. The van der Waals surface area contributed by atoms with Gasteiger partial charge in [-0.3, -0.25) is 9.59 Å². The number of carbonyl (C=O) groups is 2. The maximum atomic E-state index is 13.3. The maximum Gasteiger partial charge on any atom is 0.313 e. The number of nitrogens with one attached hydrogen (secondary N) is 2. The summed E-state index contributed by atoms with van der Waals surface area (Å²) in [5.74, 6) is -1.34. The molecule has 2 aromatic rings. The van der Waals surface area contributed by atoms with E-state index in [1.54, 1.807) is 36.4 Å². The zero-order valence-corrected chi connectivity index (χ0v) is 14.6. The number of hydrogen-bond acceptors (Lipinski definition) is 4. The fourth-order valence-corrected chi connectivity index (χ4v) is 2.30. The smallest absolute Gasteiger partial charge is 0.313 e. The fourth-order valence-electron chi connectivity index (χ4n) is 2.30. The number of hydrogen-bond donors (Lipinski definition) is 2. The van der Waals surface area contributed by atoms with Crippen molar-refractivity contribution in [1.29, 1.82) is 0 Å². The molecule has 0 spiro atoms. The van der Waals surface area contributed by atoms with Crippen molar-refractivity contribution < 1.29 is 23.5 Å². The molecule has 0 saturated heterocycles. The van der Waals surface area contributed by atoms with Crippen LogP contribution in [0.3, 0.4) is 0 Å². The third-order valence-corrected chi connectivity index (χ3v) is 3.58. The zero-order chi connectivity index (χ0) is 18.9. The van der Waals surface area contributed by atoms with Gasteiger partial charge in [-0.15, -0.1) is 0 Å². The van der Waals surface area contributed by atoms with Crippen molar-refractivity contribution in [3.63, 3.8) is 0 Å². The molecule has 0 saturated carbocycles. The van der Waals surface area contributed by atoms with Gasteiger partial charge in [0.15, 0.2) is 0 Å². The van der Waals surface area contributed by atoms with Gasteiger partial charge in [0, 0.05) is 19.3 Å². The number of rotatable bonds is 7. The Kier molecular flexibility index (Phi) is 7.11. The monoisotopic (exact) mass is 360 g/mol. The lowest BCUT2D eigenvalue weighted by Gasteiger charge is -2.16. The first-order chi connectivity index (χ1) is 12.5. The van der Waals surface area contributed by atoms with Crippen molar-refractivity contribution in [1.82, 2.24) is 5.32 Å². The largest absolute Gasteiger partial charge is 0.494 e. The molecule has 0 heterocycles. The van der Waals surface area contributed by atoms with E-state index >= 15 is 0 Å². The summed E-state index contributed by atoms with van der Waals surface area (Å²) in [5.41, 5.74) is 1.04. The van der Waals surface area contributed by atoms with Gasteiger partial charge in [-0.05, 0) is 48.9 Å². The number of ether oxygens (including phenoxy) is 2. The van der Waals surface area contributed by atoms with Crippen LogP contribution in [0.25, 0.3) is 0 Å². The van der Waals surface area contributed by atoms with E-state index in [1.165, 1.54) is 19.2 Å². The highest BCUT2D eigenvalue weighted by molar-refractivity contribution is 6.39. The molecule has 0 bridgehead atoms. The van der Waals surface area contributed by atoms with E-state index in [1.807, 2.05) is 6.92 Å². The SMILES string of the molecule is CCOc1ccc(NC(=O)C(=O)NCC(OC)c2cccc(F)c2)cc1. The standard InChI is InChI=1S/C19H21FN2O4/c1-3-26-16-9-7-15(8-10-16)22-19(24)18(23)21-12-17(25-2)13-5-4-6-14(20)11-13/h4-11,17H,3,12H2,1-2H3,(H,21,23)(H,22,24). The van der Waals surface area contributed by atoms with Gasteiger partial charge in [-0.25, -0.2) is 4.39 Å². The molecule has 0 aromatic heterocycles. The van der Waals surface area contributed by atoms with Gasteiger partial charge in [-0.2, -0.15) is 0 Å². The molecular formula is C19H21FN2O4. The highest BCUT2D eigenvalue weighted by atomic mass is 19.1. The molecule has 2 aromatic carbocycles. The maximum absolute atomic E-state index is 13.3. The number of benzene rings is 2. The van der Waals surface area contributed by atoms with Gasteiger partial charge in [0.2, 0.25) is 0 Å². The van der Waals surface area contributed by atoms with Gasteiger partial charge in [0.05, 0.1) is 12.7 Å². The number of carbonyl (C=O) groups excluding carboxylic acids is 2. The quantitative estimate of drug-likeness (QED) is 0.745. The predicted octanol–water partition coefficient (Wildman–Crippen LogP) is 2.67. The van der Waals surface area contributed by atoms with Crippen molar-refractivity contribution in [2.75, 3.05) is 25.6 Å². The summed E-state index contributed by atoms with van der Waals surface area (Å²) in [4.78, 5) is 23.9. The van der Waals surface area contributed by atoms with Crippen molar-refractivity contribution >= 4 is 17.5 Å². The summed E-state index contributed by atoms with van der Waals surface area (Å²) in [6, 6.07) is 12.5. The summed E-state index contributed by atoms with van der Waals surface area (Å²) in [6.07, 6.45) is -0.562. The topological polar surface area (TPSA) is 76.7 Å². The Morgan fingerprint density at radius 3 is 2.46 bits per heavy atom. The van der Waals surface area contributed by atoms with Crippen LogP contribution in [0.5, 0.6) is 5.75 Å². The minimum absolute atomic E-state index is 0.0372. The van der Waals surface area contributed by atoms with Crippen LogP contribution >= 0.6 is 0 Å². The minimum atomic E-state index is -0.808. The zero-order valence-electron chi connectivity index (χ0n) is 14.6. The molecule has 0 radical (unpaired) electrons. The van der Waals surface area contributed by atoms with E-state index in [0.717, 1.165) is 0 Å². The molecule has 0 aliphatic heterocycles. The third kappa shape index (κ3) is 5.56. The van der Waals surface area contributed by atoms with Gasteiger partial charge < -0.3 is 20.1 Å². The molecule has 0 fully saturated rings. The first-order valence-corrected chi connectivity index (χ1v) is 8.13. The van der Waals surface area contributed by atoms with Crippen LogP contribution in [0.2, 0.25) is 0 Å². The van der Waals surface area contributed by atoms with Crippen molar-refractivity contribution in [3.8, 4) is 5.75 Å². The lowest BCUT2D eigenvalue weighted by Crippen LogP contribution is -2.38. The highest BCUT2D eigenvalue weighted by Crippen LogP contribution is 2.17. The second-order valence-electron chi connectivity index (χ2n) is 5.40. The van der Waals surface area contributed by atoms with E-state index in [-0.39, 0.29) is 6.54 Å². The molecular weight excluding hydrogens is 339 g/mol. The second kappa shape index (κ2) is 9.53. The van der Waals surface area contributed by atoms with E-state index in [2.05, 4.69) is 10.6 Å². The minimum Gasteiger partial charge on any atom is -0.494 e. The van der Waals surface area contributed by atoms with Crippen LogP contribution in [-0.4, -0.2) is 32.1 Å². The first kappa shape index (κ1) is 19.4. The van der Waals surface area contributed by atoms with Gasteiger partial charge >= 0.3 is 11.8 Å². The number of amides is 2.